The summed E-state index contributed by atoms with van der Waals surface area (Å²) in [5, 5.41) is 8.37. The smallest absolute Gasteiger partial charge is 0.0660 e. The summed E-state index contributed by atoms with van der Waals surface area (Å²) < 4.78 is 1.93. The normalized spacial score (nSPS) is 10.7. The average Bonchev–Trinajstić information content (AvgIpc) is 2.74. The Morgan fingerprint density at radius 1 is 1.35 bits per heavy atom. The summed E-state index contributed by atoms with van der Waals surface area (Å²) in [6.45, 7) is 4.69. The molecule has 0 aliphatic carbocycles. The zero-order valence-corrected chi connectivity index (χ0v) is 10.6. The molecule has 0 saturated carbocycles. The van der Waals surface area contributed by atoms with E-state index in [-0.39, 0.29) is 0 Å². The summed E-state index contributed by atoms with van der Waals surface area (Å²) in [7, 11) is 0. The quantitative estimate of drug-likeness (QED) is 0.883. The molecule has 2 rings (SSSR count). The van der Waals surface area contributed by atoms with Gasteiger partial charge < -0.3 is 5.32 Å². The molecular formula is C13H16ClN3. The van der Waals surface area contributed by atoms with E-state index in [0.717, 1.165) is 30.2 Å². The van der Waals surface area contributed by atoms with Crippen molar-refractivity contribution in [2.45, 2.75) is 20.0 Å². The molecule has 0 fully saturated rings. The lowest BCUT2D eigenvalue weighted by Gasteiger charge is -2.02. The van der Waals surface area contributed by atoms with E-state index in [9.17, 15) is 0 Å². The molecule has 1 aromatic carbocycles. The monoisotopic (exact) mass is 249 g/mol. The molecule has 0 bridgehead atoms. The molecule has 1 heterocycles. The fourth-order valence-electron chi connectivity index (χ4n) is 1.68. The number of hydrogen-bond donors (Lipinski definition) is 1. The summed E-state index contributed by atoms with van der Waals surface area (Å²) in [4.78, 5) is 0. The Labute approximate surface area is 106 Å². The number of hydrogen-bond acceptors (Lipinski definition) is 2. The average molecular weight is 250 g/mol. The van der Waals surface area contributed by atoms with E-state index >= 15 is 0 Å². The molecule has 4 heteroatoms. The molecule has 0 aliphatic rings. The third-order valence-electron chi connectivity index (χ3n) is 2.50. The Morgan fingerprint density at radius 3 is 3.00 bits per heavy atom. The van der Waals surface area contributed by atoms with Crippen LogP contribution >= 0.6 is 11.6 Å². The lowest BCUT2D eigenvalue weighted by atomic mass is 10.2. The fourth-order valence-corrected chi connectivity index (χ4v) is 1.89. The zero-order chi connectivity index (χ0) is 12.1. The highest BCUT2D eigenvalue weighted by Crippen LogP contribution is 2.11. The Kier molecular flexibility index (Phi) is 4.18. The molecule has 0 unspecified atom stereocenters. The van der Waals surface area contributed by atoms with Crippen molar-refractivity contribution in [1.82, 2.24) is 15.1 Å². The predicted molar refractivity (Wildman–Crippen MR) is 70.2 cm³/mol. The van der Waals surface area contributed by atoms with Crippen molar-refractivity contribution in [2.75, 3.05) is 6.54 Å². The van der Waals surface area contributed by atoms with E-state index in [0.29, 0.717) is 0 Å². The standard InChI is InChI=1S/C13H16ClN3/c1-2-15-7-12-8-16-17(10-12)9-11-4-3-5-13(14)6-11/h3-6,8,10,15H,2,7,9H2,1H3. The van der Waals surface area contributed by atoms with Crippen LogP contribution in [0.5, 0.6) is 0 Å². The highest BCUT2D eigenvalue weighted by molar-refractivity contribution is 6.30. The van der Waals surface area contributed by atoms with Gasteiger partial charge in [0.2, 0.25) is 0 Å². The van der Waals surface area contributed by atoms with Gasteiger partial charge in [-0.15, -0.1) is 0 Å². The lowest BCUT2D eigenvalue weighted by Crippen LogP contribution is -2.11. The molecular weight excluding hydrogens is 234 g/mol. The summed E-state index contributed by atoms with van der Waals surface area (Å²) in [5.74, 6) is 0. The van der Waals surface area contributed by atoms with Crippen molar-refractivity contribution >= 4 is 11.6 Å². The first-order valence-corrected chi connectivity index (χ1v) is 6.12. The first-order valence-electron chi connectivity index (χ1n) is 5.74. The highest BCUT2D eigenvalue weighted by atomic mass is 35.5. The number of benzene rings is 1. The Hall–Kier alpha value is -1.32. The topological polar surface area (TPSA) is 29.9 Å². The molecule has 0 radical (unpaired) electrons. The first-order chi connectivity index (χ1) is 8.28. The van der Waals surface area contributed by atoms with Gasteiger partial charge in [-0.25, -0.2) is 0 Å². The van der Waals surface area contributed by atoms with E-state index in [1.54, 1.807) is 0 Å². The van der Waals surface area contributed by atoms with Crippen LogP contribution in [0, 0.1) is 0 Å². The summed E-state index contributed by atoms with van der Waals surface area (Å²) in [6, 6.07) is 7.86. The molecule has 0 amide bonds. The minimum Gasteiger partial charge on any atom is -0.313 e. The van der Waals surface area contributed by atoms with Gasteiger partial charge in [0.1, 0.15) is 0 Å². The number of halogens is 1. The van der Waals surface area contributed by atoms with E-state index in [2.05, 4.69) is 29.6 Å². The van der Waals surface area contributed by atoms with Gasteiger partial charge in [-0.2, -0.15) is 5.10 Å². The van der Waals surface area contributed by atoms with Crippen molar-refractivity contribution in [3.8, 4) is 0 Å². The molecule has 0 spiro atoms. The summed E-state index contributed by atoms with van der Waals surface area (Å²) in [5.41, 5.74) is 2.37. The van der Waals surface area contributed by atoms with E-state index in [1.807, 2.05) is 29.1 Å². The lowest BCUT2D eigenvalue weighted by molar-refractivity contribution is 0.683. The molecule has 3 nitrogen and oxygen atoms in total. The van der Waals surface area contributed by atoms with Crippen LogP contribution in [-0.2, 0) is 13.1 Å². The molecule has 1 aromatic heterocycles. The van der Waals surface area contributed by atoms with Crippen molar-refractivity contribution in [2.24, 2.45) is 0 Å². The van der Waals surface area contributed by atoms with Crippen molar-refractivity contribution in [3.05, 3.63) is 52.8 Å². The van der Waals surface area contributed by atoms with Gasteiger partial charge in [-0.05, 0) is 24.2 Å². The third kappa shape index (κ3) is 3.58. The summed E-state index contributed by atoms with van der Waals surface area (Å²) in [6.07, 6.45) is 3.96. The SMILES string of the molecule is CCNCc1cnn(Cc2cccc(Cl)c2)c1. The van der Waals surface area contributed by atoms with Gasteiger partial charge in [-0.1, -0.05) is 30.7 Å². The van der Waals surface area contributed by atoms with Gasteiger partial charge >= 0.3 is 0 Å². The van der Waals surface area contributed by atoms with Crippen LogP contribution in [-0.4, -0.2) is 16.3 Å². The first kappa shape index (κ1) is 12.1. The van der Waals surface area contributed by atoms with Crippen LogP contribution < -0.4 is 5.32 Å². The second-order valence-corrected chi connectivity index (χ2v) is 4.39. The fraction of sp³-hybridized carbons (Fsp3) is 0.308. The van der Waals surface area contributed by atoms with Gasteiger partial charge in [0, 0.05) is 23.3 Å². The minimum absolute atomic E-state index is 0.757. The molecule has 1 N–H and O–H groups in total. The van der Waals surface area contributed by atoms with E-state index < -0.39 is 0 Å². The van der Waals surface area contributed by atoms with Crippen molar-refractivity contribution in [1.29, 1.82) is 0 Å². The van der Waals surface area contributed by atoms with Crippen molar-refractivity contribution in [3.63, 3.8) is 0 Å². The van der Waals surface area contributed by atoms with Crippen LogP contribution in [0.15, 0.2) is 36.7 Å². The van der Waals surface area contributed by atoms with Gasteiger partial charge in [-0.3, -0.25) is 4.68 Å². The Bertz CT molecular complexity index is 479. The maximum atomic E-state index is 5.95. The Balaban J connectivity index is 2.01. The Morgan fingerprint density at radius 2 is 2.24 bits per heavy atom. The maximum absolute atomic E-state index is 5.95. The van der Waals surface area contributed by atoms with Crippen LogP contribution in [0.3, 0.4) is 0 Å². The van der Waals surface area contributed by atoms with E-state index in [1.165, 1.54) is 5.56 Å². The molecule has 0 saturated heterocycles. The van der Waals surface area contributed by atoms with E-state index in [4.69, 9.17) is 11.6 Å². The van der Waals surface area contributed by atoms with Crippen LogP contribution in [0.4, 0.5) is 0 Å². The highest BCUT2D eigenvalue weighted by Gasteiger charge is 2.00. The van der Waals surface area contributed by atoms with Crippen LogP contribution in [0.2, 0.25) is 5.02 Å². The van der Waals surface area contributed by atoms with Gasteiger partial charge in [0.05, 0.1) is 12.7 Å². The number of nitrogens with zero attached hydrogens (tertiary/aromatic N) is 2. The van der Waals surface area contributed by atoms with Gasteiger partial charge in [0.25, 0.3) is 0 Å². The van der Waals surface area contributed by atoms with Crippen LogP contribution in [0.1, 0.15) is 18.1 Å². The second-order valence-electron chi connectivity index (χ2n) is 3.96. The molecule has 0 atom stereocenters. The van der Waals surface area contributed by atoms with Crippen LogP contribution in [0.25, 0.3) is 0 Å². The molecule has 90 valence electrons. The third-order valence-corrected chi connectivity index (χ3v) is 2.73. The number of aromatic nitrogens is 2. The van der Waals surface area contributed by atoms with Gasteiger partial charge in [0.15, 0.2) is 0 Å². The summed E-state index contributed by atoms with van der Waals surface area (Å²) >= 11 is 5.95. The van der Waals surface area contributed by atoms with Crippen molar-refractivity contribution < 1.29 is 0 Å². The number of nitrogens with one attached hydrogen (secondary N) is 1. The predicted octanol–water partition coefficient (Wildman–Crippen LogP) is 2.69. The molecule has 17 heavy (non-hydrogen) atoms. The number of rotatable bonds is 5. The second kappa shape index (κ2) is 5.84. The molecule has 0 aliphatic heterocycles. The minimum atomic E-state index is 0.757. The maximum Gasteiger partial charge on any atom is 0.0660 e. The zero-order valence-electron chi connectivity index (χ0n) is 9.86. The largest absolute Gasteiger partial charge is 0.313 e. The molecule has 2 aromatic rings.